The number of aliphatic carboxylic acids is 2. The molecule has 0 aliphatic carbocycles. The minimum Gasteiger partial charge on any atom is -0.481 e. The van der Waals surface area contributed by atoms with Crippen molar-refractivity contribution in [2.45, 2.75) is 23.9 Å². The second-order valence-corrected chi connectivity index (χ2v) is 4.20. The average Bonchev–Trinajstić information content (AvgIpc) is 2.69. The molecule has 0 saturated carbocycles. The van der Waals surface area contributed by atoms with Crippen LogP contribution in [0.2, 0.25) is 0 Å². The molecular formula is C9H12O8. The third-order valence-corrected chi connectivity index (χ3v) is 3.12. The highest BCUT2D eigenvalue weighted by Gasteiger charge is 2.63. The Labute approximate surface area is 95.4 Å². The summed E-state index contributed by atoms with van der Waals surface area (Å²) < 4.78 is 10.1. The molecule has 96 valence electrons. The molecule has 2 aliphatic rings. The molecule has 0 aromatic rings. The van der Waals surface area contributed by atoms with Crippen molar-refractivity contribution in [2.24, 2.45) is 5.92 Å². The lowest BCUT2D eigenvalue weighted by Crippen LogP contribution is -2.55. The van der Waals surface area contributed by atoms with Gasteiger partial charge in [-0.3, -0.25) is 9.59 Å². The number of hydrogen-bond donors (Lipinski definition) is 4. The molecule has 8 nitrogen and oxygen atoms in total. The van der Waals surface area contributed by atoms with E-state index >= 15 is 0 Å². The molecule has 2 rings (SSSR count). The molecule has 2 saturated heterocycles. The largest absolute Gasteiger partial charge is 0.481 e. The van der Waals surface area contributed by atoms with Crippen LogP contribution in [-0.2, 0) is 19.1 Å². The number of hydrogen-bond acceptors (Lipinski definition) is 6. The van der Waals surface area contributed by atoms with Gasteiger partial charge in [-0.2, -0.15) is 0 Å². The van der Waals surface area contributed by atoms with Crippen molar-refractivity contribution >= 4 is 11.9 Å². The SMILES string of the molecule is O=C(O)C(C(=O)O)[C@@]1(O)CO[C@@H]2[C@H](O)CO[C@@H]21. The third-order valence-electron chi connectivity index (χ3n) is 3.12. The summed E-state index contributed by atoms with van der Waals surface area (Å²) in [6.07, 6.45) is -3.02. The predicted octanol–water partition coefficient (Wildman–Crippen LogP) is -2.34. The summed E-state index contributed by atoms with van der Waals surface area (Å²) in [6.45, 7) is -0.619. The minimum absolute atomic E-state index is 0.121. The highest BCUT2D eigenvalue weighted by Crippen LogP contribution is 2.39. The summed E-state index contributed by atoms with van der Waals surface area (Å²) in [7, 11) is 0. The lowest BCUT2D eigenvalue weighted by atomic mass is 9.83. The van der Waals surface area contributed by atoms with E-state index in [-0.39, 0.29) is 6.61 Å². The number of carboxylic acids is 2. The number of carboxylic acid groups (broad SMARTS) is 2. The van der Waals surface area contributed by atoms with E-state index in [1.54, 1.807) is 0 Å². The van der Waals surface area contributed by atoms with Crippen LogP contribution in [0.25, 0.3) is 0 Å². The average molecular weight is 248 g/mol. The molecule has 4 N–H and O–H groups in total. The molecular weight excluding hydrogens is 236 g/mol. The van der Waals surface area contributed by atoms with E-state index < -0.39 is 48.4 Å². The van der Waals surface area contributed by atoms with Gasteiger partial charge in [0.05, 0.1) is 13.2 Å². The zero-order valence-electron chi connectivity index (χ0n) is 8.65. The molecule has 0 aromatic carbocycles. The van der Waals surface area contributed by atoms with Gasteiger partial charge in [0.15, 0.2) is 5.92 Å². The predicted molar refractivity (Wildman–Crippen MR) is 49.2 cm³/mol. The van der Waals surface area contributed by atoms with Crippen molar-refractivity contribution < 1.29 is 39.5 Å². The Hall–Kier alpha value is -1.22. The summed E-state index contributed by atoms with van der Waals surface area (Å²) in [5, 5.41) is 37.3. The number of aliphatic hydroxyl groups excluding tert-OH is 1. The lowest BCUT2D eigenvalue weighted by molar-refractivity contribution is -0.176. The van der Waals surface area contributed by atoms with E-state index in [2.05, 4.69) is 0 Å². The molecule has 2 heterocycles. The lowest BCUT2D eigenvalue weighted by Gasteiger charge is -2.29. The summed E-state index contributed by atoms with van der Waals surface area (Å²) >= 11 is 0. The van der Waals surface area contributed by atoms with Crippen LogP contribution in [0.3, 0.4) is 0 Å². The third kappa shape index (κ3) is 1.69. The fourth-order valence-corrected chi connectivity index (χ4v) is 2.31. The van der Waals surface area contributed by atoms with Crippen molar-refractivity contribution in [1.29, 1.82) is 0 Å². The minimum atomic E-state index is -2.17. The van der Waals surface area contributed by atoms with Crippen molar-refractivity contribution in [1.82, 2.24) is 0 Å². The van der Waals surface area contributed by atoms with Gasteiger partial charge < -0.3 is 29.9 Å². The monoisotopic (exact) mass is 248 g/mol. The number of aliphatic hydroxyl groups is 2. The molecule has 0 spiro atoms. The number of rotatable bonds is 3. The van der Waals surface area contributed by atoms with Crippen LogP contribution in [-0.4, -0.2) is 69.5 Å². The Balaban J connectivity index is 2.30. The molecule has 2 fully saturated rings. The Bertz CT molecular complexity index is 341. The highest BCUT2D eigenvalue weighted by atomic mass is 16.6. The smallest absolute Gasteiger partial charge is 0.321 e. The molecule has 8 heteroatoms. The fourth-order valence-electron chi connectivity index (χ4n) is 2.31. The molecule has 0 aromatic heterocycles. The Morgan fingerprint density at radius 1 is 1.24 bits per heavy atom. The second kappa shape index (κ2) is 3.91. The molecule has 0 radical (unpaired) electrons. The van der Waals surface area contributed by atoms with E-state index in [4.69, 9.17) is 19.7 Å². The van der Waals surface area contributed by atoms with Crippen molar-refractivity contribution in [3.8, 4) is 0 Å². The van der Waals surface area contributed by atoms with E-state index in [9.17, 15) is 19.8 Å². The first-order valence-corrected chi connectivity index (χ1v) is 4.97. The van der Waals surface area contributed by atoms with Gasteiger partial charge in [-0.15, -0.1) is 0 Å². The van der Waals surface area contributed by atoms with Crippen LogP contribution in [0.5, 0.6) is 0 Å². The fraction of sp³-hybridized carbons (Fsp3) is 0.778. The van der Waals surface area contributed by atoms with E-state index in [0.717, 1.165) is 0 Å². The Morgan fingerprint density at radius 2 is 1.82 bits per heavy atom. The van der Waals surface area contributed by atoms with Gasteiger partial charge in [0.2, 0.25) is 0 Å². The van der Waals surface area contributed by atoms with Gasteiger partial charge in [0, 0.05) is 0 Å². The zero-order valence-corrected chi connectivity index (χ0v) is 8.65. The van der Waals surface area contributed by atoms with Crippen LogP contribution in [0.15, 0.2) is 0 Å². The maximum absolute atomic E-state index is 10.9. The number of fused-ring (bicyclic) bond motifs is 1. The first kappa shape index (κ1) is 12.2. The Kier molecular flexibility index (Phi) is 2.82. The van der Waals surface area contributed by atoms with Crippen molar-refractivity contribution in [3.05, 3.63) is 0 Å². The summed E-state index contributed by atoms with van der Waals surface area (Å²) in [4.78, 5) is 21.8. The van der Waals surface area contributed by atoms with Crippen LogP contribution in [0.4, 0.5) is 0 Å². The molecule has 0 amide bonds. The standard InChI is InChI=1S/C9H12O8/c10-3-1-16-6-5(3)17-2-9(6,15)4(7(11)12)8(13)14/h3-6,10,15H,1-2H2,(H,11,12)(H,13,14)/t3-,5-,6+,9+/m1/s1. The van der Waals surface area contributed by atoms with Gasteiger partial charge in [-0.1, -0.05) is 0 Å². The summed E-state index contributed by atoms with van der Waals surface area (Å²) in [5.74, 6) is -5.40. The van der Waals surface area contributed by atoms with Crippen LogP contribution in [0.1, 0.15) is 0 Å². The van der Waals surface area contributed by atoms with Crippen molar-refractivity contribution in [2.75, 3.05) is 13.2 Å². The second-order valence-electron chi connectivity index (χ2n) is 4.20. The molecule has 0 unspecified atom stereocenters. The van der Waals surface area contributed by atoms with Gasteiger partial charge in [0.1, 0.15) is 23.9 Å². The van der Waals surface area contributed by atoms with Crippen LogP contribution < -0.4 is 0 Å². The Morgan fingerprint density at radius 3 is 2.35 bits per heavy atom. The zero-order chi connectivity index (χ0) is 12.8. The van der Waals surface area contributed by atoms with Gasteiger partial charge >= 0.3 is 11.9 Å². The van der Waals surface area contributed by atoms with E-state index in [1.165, 1.54) is 0 Å². The molecule has 0 bridgehead atoms. The maximum Gasteiger partial charge on any atom is 0.321 e. The van der Waals surface area contributed by atoms with E-state index in [1.807, 2.05) is 0 Å². The quantitative estimate of drug-likeness (QED) is 0.408. The maximum atomic E-state index is 10.9. The first-order valence-electron chi connectivity index (χ1n) is 4.97. The molecule has 4 atom stereocenters. The summed E-state index contributed by atoms with van der Waals surface area (Å²) in [5.41, 5.74) is -2.17. The van der Waals surface area contributed by atoms with Gasteiger partial charge in [-0.25, -0.2) is 0 Å². The van der Waals surface area contributed by atoms with Crippen LogP contribution >= 0.6 is 0 Å². The topological polar surface area (TPSA) is 134 Å². The normalized spacial score (nSPS) is 40.5. The highest BCUT2D eigenvalue weighted by molar-refractivity contribution is 5.94. The first-order chi connectivity index (χ1) is 7.88. The van der Waals surface area contributed by atoms with Crippen molar-refractivity contribution in [3.63, 3.8) is 0 Å². The van der Waals surface area contributed by atoms with Gasteiger partial charge in [0.25, 0.3) is 0 Å². The summed E-state index contributed by atoms with van der Waals surface area (Å²) in [6, 6.07) is 0. The molecule has 2 aliphatic heterocycles. The van der Waals surface area contributed by atoms with E-state index in [0.29, 0.717) is 0 Å². The van der Waals surface area contributed by atoms with Gasteiger partial charge in [-0.05, 0) is 0 Å². The molecule has 17 heavy (non-hydrogen) atoms. The number of carbonyl (C=O) groups is 2. The van der Waals surface area contributed by atoms with Crippen LogP contribution in [0, 0.1) is 5.92 Å². The number of ether oxygens (including phenoxy) is 2.